The van der Waals surface area contributed by atoms with Gasteiger partial charge in [-0.05, 0) is 55.7 Å². The standard InChI is InChI=1S/C27H34N4O4S2.ClH/c32-26(22-10-12-23(13-11-22)37(33,34)30-15-5-1-2-6-16-30)31(17-7-14-29-18-20-35-21-19-29)27-28-24-8-3-4-9-25(24)36-27;/h3-4,8-13H,1-2,5-7,14-21H2;1H. The molecule has 5 rings (SSSR count). The van der Waals surface area contributed by atoms with Crippen molar-refractivity contribution in [2.45, 2.75) is 37.0 Å². The lowest BCUT2D eigenvalue weighted by Gasteiger charge is -2.27. The molecule has 0 bridgehead atoms. The molecule has 3 heterocycles. The summed E-state index contributed by atoms with van der Waals surface area (Å²) in [6.07, 6.45) is 4.71. The fourth-order valence-electron chi connectivity index (χ4n) is 4.89. The number of thiazole rings is 1. The average Bonchev–Trinajstić information content (AvgIpc) is 3.15. The molecule has 2 saturated heterocycles. The Morgan fingerprint density at radius 3 is 2.32 bits per heavy atom. The summed E-state index contributed by atoms with van der Waals surface area (Å²) in [6.45, 7) is 5.81. The maximum atomic E-state index is 13.7. The topological polar surface area (TPSA) is 83.1 Å². The third-order valence-corrected chi connectivity index (χ3v) is 9.99. The molecule has 0 spiro atoms. The number of rotatable bonds is 8. The van der Waals surface area contributed by atoms with Crippen LogP contribution in [0, 0.1) is 0 Å². The summed E-state index contributed by atoms with van der Waals surface area (Å²) < 4.78 is 34.4. The summed E-state index contributed by atoms with van der Waals surface area (Å²) in [5.41, 5.74) is 1.33. The van der Waals surface area contributed by atoms with Crippen LogP contribution in [0.15, 0.2) is 53.4 Å². The molecule has 0 radical (unpaired) electrons. The maximum absolute atomic E-state index is 13.7. The highest BCUT2D eigenvalue weighted by Gasteiger charge is 2.26. The second-order valence-corrected chi connectivity index (χ2v) is 12.5. The molecular formula is C27H35ClN4O4S2. The first kappa shape index (κ1) is 28.9. The summed E-state index contributed by atoms with van der Waals surface area (Å²) in [5.74, 6) is -0.167. The average molecular weight is 579 g/mol. The molecule has 0 unspecified atom stereocenters. The number of hydrogen-bond acceptors (Lipinski definition) is 7. The van der Waals surface area contributed by atoms with Crippen molar-refractivity contribution < 1.29 is 17.9 Å². The van der Waals surface area contributed by atoms with Crippen LogP contribution in [-0.2, 0) is 14.8 Å². The molecule has 1 aromatic heterocycles. The van der Waals surface area contributed by atoms with Gasteiger partial charge in [0.05, 0.1) is 28.3 Å². The number of carbonyl (C=O) groups is 1. The van der Waals surface area contributed by atoms with Gasteiger partial charge in [-0.15, -0.1) is 12.4 Å². The van der Waals surface area contributed by atoms with Crippen molar-refractivity contribution in [2.24, 2.45) is 0 Å². The van der Waals surface area contributed by atoms with Crippen molar-refractivity contribution in [1.82, 2.24) is 14.2 Å². The molecule has 11 heteroatoms. The van der Waals surface area contributed by atoms with Crippen LogP contribution in [0.2, 0.25) is 0 Å². The molecule has 2 fully saturated rings. The number of aromatic nitrogens is 1. The zero-order valence-corrected chi connectivity index (χ0v) is 23.9. The van der Waals surface area contributed by atoms with Gasteiger partial charge in [0.25, 0.3) is 5.91 Å². The Bertz CT molecular complexity index is 1270. The zero-order chi connectivity index (χ0) is 25.7. The Labute approximate surface area is 235 Å². The van der Waals surface area contributed by atoms with Crippen molar-refractivity contribution in [3.05, 3.63) is 54.1 Å². The monoisotopic (exact) mass is 578 g/mol. The zero-order valence-electron chi connectivity index (χ0n) is 21.5. The largest absolute Gasteiger partial charge is 0.379 e. The highest BCUT2D eigenvalue weighted by atomic mass is 35.5. The minimum Gasteiger partial charge on any atom is -0.379 e. The van der Waals surface area contributed by atoms with Gasteiger partial charge in [0.15, 0.2) is 5.13 Å². The van der Waals surface area contributed by atoms with Crippen LogP contribution in [0.4, 0.5) is 5.13 Å². The number of carbonyl (C=O) groups excluding carboxylic acids is 1. The van der Waals surface area contributed by atoms with Gasteiger partial charge in [0, 0.05) is 44.8 Å². The van der Waals surface area contributed by atoms with Gasteiger partial charge in [0.1, 0.15) is 0 Å². The van der Waals surface area contributed by atoms with Gasteiger partial charge in [-0.1, -0.05) is 36.3 Å². The van der Waals surface area contributed by atoms with E-state index < -0.39 is 10.0 Å². The second kappa shape index (κ2) is 13.3. The van der Waals surface area contributed by atoms with E-state index in [2.05, 4.69) is 4.90 Å². The fourth-order valence-corrected chi connectivity index (χ4v) is 7.40. The normalized spacial score (nSPS) is 17.6. The molecule has 0 atom stereocenters. The lowest BCUT2D eigenvalue weighted by Crippen LogP contribution is -2.39. The van der Waals surface area contributed by atoms with Crippen molar-refractivity contribution in [2.75, 3.05) is 57.4 Å². The van der Waals surface area contributed by atoms with E-state index in [1.165, 1.54) is 11.3 Å². The molecular weight excluding hydrogens is 544 g/mol. The van der Waals surface area contributed by atoms with E-state index >= 15 is 0 Å². The Morgan fingerprint density at radius 2 is 1.63 bits per heavy atom. The van der Waals surface area contributed by atoms with Crippen LogP contribution in [0.1, 0.15) is 42.5 Å². The van der Waals surface area contributed by atoms with Gasteiger partial charge in [-0.2, -0.15) is 4.31 Å². The van der Waals surface area contributed by atoms with E-state index in [4.69, 9.17) is 9.72 Å². The van der Waals surface area contributed by atoms with E-state index in [1.807, 2.05) is 24.3 Å². The number of sulfonamides is 1. The van der Waals surface area contributed by atoms with Crippen LogP contribution >= 0.6 is 23.7 Å². The Kier molecular flexibility index (Phi) is 10.1. The van der Waals surface area contributed by atoms with Crippen LogP contribution in [0.5, 0.6) is 0 Å². The number of ether oxygens (including phenoxy) is 1. The molecule has 38 heavy (non-hydrogen) atoms. The number of amides is 1. The lowest BCUT2D eigenvalue weighted by atomic mass is 10.2. The van der Waals surface area contributed by atoms with Gasteiger partial charge in [-0.3, -0.25) is 14.6 Å². The summed E-state index contributed by atoms with van der Waals surface area (Å²) in [4.78, 5) is 22.8. The van der Waals surface area contributed by atoms with Crippen LogP contribution in [-0.4, -0.2) is 81.0 Å². The van der Waals surface area contributed by atoms with Gasteiger partial charge >= 0.3 is 0 Å². The molecule has 206 valence electrons. The number of nitrogens with zero attached hydrogens (tertiary/aromatic N) is 4. The van der Waals surface area contributed by atoms with Crippen LogP contribution in [0.3, 0.4) is 0 Å². The summed E-state index contributed by atoms with van der Waals surface area (Å²) in [7, 11) is -3.56. The predicted octanol–water partition coefficient (Wildman–Crippen LogP) is 4.65. The van der Waals surface area contributed by atoms with Gasteiger partial charge in [0.2, 0.25) is 10.0 Å². The summed E-state index contributed by atoms with van der Waals surface area (Å²) in [5, 5.41) is 0.662. The molecule has 0 N–H and O–H groups in total. The number of morpholine rings is 1. The SMILES string of the molecule is Cl.O=C(c1ccc(S(=O)(=O)N2CCCCCC2)cc1)N(CCCN1CCOCC1)c1nc2ccccc2s1. The summed E-state index contributed by atoms with van der Waals surface area (Å²) >= 11 is 1.50. The Hall–Kier alpha value is -2.08. The first-order chi connectivity index (χ1) is 18.0. The third kappa shape index (κ3) is 6.73. The van der Waals surface area contributed by atoms with E-state index in [0.29, 0.717) is 30.3 Å². The van der Waals surface area contributed by atoms with E-state index in [0.717, 1.165) is 75.2 Å². The smallest absolute Gasteiger partial charge is 0.260 e. The summed E-state index contributed by atoms with van der Waals surface area (Å²) in [6, 6.07) is 14.3. The quantitative estimate of drug-likeness (QED) is 0.387. The molecule has 8 nitrogen and oxygen atoms in total. The molecule has 2 aromatic carbocycles. The fraction of sp³-hybridized carbons (Fsp3) is 0.481. The predicted molar refractivity (Wildman–Crippen MR) is 154 cm³/mol. The molecule has 2 aliphatic heterocycles. The maximum Gasteiger partial charge on any atom is 0.260 e. The van der Waals surface area contributed by atoms with Crippen molar-refractivity contribution >= 4 is 55.0 Å². The van der Waals surface area contributed by atoms with Crippen molar-refractivity contribution in [3.8, 4) is 0 Å². The van der Waals surface area contributed by atoms with Crippen LogP contribution < -0.4 is 4.90 Å². The lowest BCUT2D eigenvalue weighted by molar-refractivity contribution is 0.0376. The minimum absolute atomic E-state index is 0. The van der Waals surface area contributed by atoms with Gasteiger partial charge in [-0.25, -0.2) is 13.4 Å². The van der Waals surface area contributed by atoms with Crippen LogP contribution in [0.25, 0.3) is 10.2 Å². The van der Waals surface area contributed by atoms with E-state index in [-0.39, 0.29) is 23.2 Å². The Morgan fingerprint density at radius 1 is 0.947 bits per heavy atom. The Balaban J connectivity index is 0.00000336. The van der Waals surface area contributed by atoms with Crippen molar-refractivity contribution in [1.29, 1.82) is 0 Å². The minimum atomic E-state index is -3.56. The number of fused-ring (bicyclic) bond motifs is 1. The highest BCUT2D eigenvalue weighted by Crippen LogP contribution is 2.30. The number of hydrogen-bond donors (Lipinski definition) is 0. The molecule has 0 saturated carbocycles. The van der Waals surface area contributed by atoms with Crippen molar-refractivity contribution in [3.63, 3.8) is 0 Å². The molecule has 2 aliphatic rings. The number of halogens is 1. The molecule has 0 aliphatic carbocycles. The van der Waals surface area contributed by atoms with E-state index in [1.54, 1.807) is 33.5 Å². The number of benzene rings is 2. The first-order valence-electron chi connectivity index (χ1n) is 13.1. The van der Waals surface area contributed by atoms with E-state index in [9.17, 15) is 13.2 Å². The number of para-hydroxylation sites is 1. The molecule has 1 amide bonds. The molecule has 3 aromatic rings. The third-order valence-electron chi connectivity index (χ3n) is 7.02. The highest BCUT2D eigenvalue weighted by molar-refractivity contribution is 7.89. The second-order valence-electron chi connectivity index (χ2n) is 9.57. The van der Waals surface area contributed by atoms with Gasteiger partial charge < -0.3 is 4.74 Å². The first-order valence-corrected chi connectivity index (χ1v) is 15.4. The number of anilines is 1.